The van der Waals surface area contributed by atoms with E-state index in [-0.39, 0.29) is 11.5 Å². The second-order valence-corrected chi connectivity index (χ2v) is 5.46. The van der Waals surface area contributed by atoms with Crippen molar-refractivity contribution < 1.29 is 14.6 Å². The molecule has 0 aliphatic heterocycles. The minimum Gasteiger partial charge on any atom is -0.504 e. The highest BCUT2D eigenvalue weighted by molar-refractivity contribution is 6.32. The number of aryl methyl sites for hydroxylation is 1. The summed E-state index contributed by atoms with van der Waals surface area (Å²) in [7, 11) is 1.56. The molecule has 0 aliphatic rings. The molecule has 0 saturated carbocycles. The first kappa shape index (κ1) is 15.2. The van der Waals surface area contributed by atoms with Crippen LogP contribution in [0.3, 0.4) is 0 Å². The minimum absolute atomic E-state index is 0.163. The highest BCUT2D eigenvalue weighted by atomic mass is 35.5. The number of halogens is 1. The lowest BCUT2D eigenvalue weighted by Gasteiger charge is -2.10. The van der Waals surface area contributed by atoms with Crippen LogP contribution < -0.4 is 15.0 Å². The number of aromatic hydroxyl groups is 1. The average Bonchev–Trinajstić information content (AvgIpc) is 2.54. The summed E-state index contributed by atoms with van der Waals surface area (Å²) in [6.45, 7) is 1.82. The van der Waals surface area contributed by atoms with Gasteiger partial charge in [-0.25, -0.2) is 0 Å². The predicted molar refractivity (Wildman–Crippen MR) is 89.0 cm³/mol. The molecule has 0 amide bonds. The molecule has 0 saturated heterocycles. The number of H-pyrrole nitrogens is 1. The molecule has 6 heteroatoms. The fourth-order valence-corrected chi connectivity index (χ4v) is 2.41. The number of methoxy groups -OCH3 is 1. The maximum Gasteiger partial charge on any atom is 0.295 e. The third-order valence-electron chi connectivity index (χ3n) is 3.50. The van der Waals surface area contributed by atoms with Crippen LogP contribution in [0.1, 0.15) is 5.56 Å². The molecule has 118 valence electrons. The number of ether oxygens (including phenoxy) is 2. The lowest BCUT2D eigenvalue weighted by Crippen LogP contribution is -2.09. The van der Waals surface area contributed by atoms with Gasteiger partial charge in [-0.05, 0) is 48.9 Å². The van der Waals surface area contributed by atoms with Crippen molar-refractivity contribution in [1.82, 2.24) is 4.98 Å². The van der Waals surface area contributed by atoms with E-state index < -0.39 is 5.56 Å². The molecular formula is C17H14ClNO4. The highest BCUT2D eigenvalue weighted by Crippen LogP contribution is 2.35. The average molecular weight is 332 g/mol. The number of fused-ring (bicyclic) bond motifs is 1. The Hall–Kier alpha value is -2.66. The molecule has 0 unspecified atom stereocenters. The smallest absolute Gasteiger partial charge is 0.295 e. The molecule has 5 nitrogen and oxygen atoms in total. The molecule has 0 spiro atoms. The Morgan fingerprint density at radius 1 is 1.13 bits per heavy atom. The second kappa shape index (κ2) is 5.85. The zero-order valence-corrected chi connectivity index (χ0v) is 13.3. The molecule has 0 bridgehead atoms. The van der Waals surface area contributed by atoms with Crippen LogP contribution in [0.2, 0.25) is 5.02 Å². The third kappa shape index (κ3) is 2.83. The minimum atomic E-state index is -0.536. The van der Waals surface area contributed by atoms with Crippen molar-refractivity contribution >= 4 is 22.5 Å². The first-order chi connectivity index (χ1) is 11.0. The Kier molecular flexibility index (Phi) is 3.88. The maximum absolute atomic E-state index is 12.2. The van der Waals surface area contributed by atoms with Crippen molar-refractivity contribution in [2.75, 3.05) is 7.11 Å². The molecule has 23 heavy (non-hydrogen) atoms. The lowest BCUT2D eigenvalue weighted by atomic mass is 10.1. The van der Waals surface area contributed by atoms with Crippen LogP contribution in [0, 0.1) is 6.92 Å². The zero-order valence-electron chi connectivity index (χ0n) is 12.5. The van der Waals surface area contributed by atoms with Crippen LogP contribution >= 0.6 is 11.6 Å². The fourth-order valence-electron chi connectivity index (χ4n) is 2.25. The Morgan fingerprint density at radius 2 is 1.78 bits per heavy atom. The number of aromatic amines is 1. The zero-order chi connectivity index (χ0) is 16.6. The molecule has 2 aromatic carbocycles. The van der Waals surface area contributed by atoms with E-state index >= 15 is 0 Å². The Balaban J connectivity index is 2.09. The first-order valence-corrected chi connectivity index (χ1v) is 7.24. The fraction of sp³-hybridized carbons (Fsp3) is 0.118. The lowest BCUT2D eigenvalue weighted by molar-refractivity contribution is 0.404. The summed E-state index contributed by atoms with van der Waals surface area (Å²) in [5.74, 6) is 0.694. The third-order valence-corrected chi connectivity index (χ3v) is 3.91. The predicted octanol–water partition coefficient (Wildman–Crippen LogP) is 4.00. The molecule has 1 heterocycles. The van der Waals surface area contributed by atoms with E-state index in [1.54, 1.807) is 43.5 Å². The molecule has 2 N–H and O–H groups in total. The van der Waals surface area contributed by atoms with Crippen molar-refractivity contribution in [1.29, 1.82) is 0 Å². The molecular weight excluding hydrogens is 318 g/mol. The van der Waals surface area contributed by atoms with Crippen LogP contribution in [0.4, 0.5) is 0 Å². The van der Waals surface area contributed by atoms with Gasteiger partial charge in [0.1, 0.15) is 11.5 Å². The van der Waals surface area contributed by atoms with E-state index in [1.807, 2.05) is 6.92 Å². The van der Waals surface area contributed by atoms with E-state index in [4.69, 9.17) is 21.1 Å². The quantitative estimate of drug-likeness (QED) is 0.761. The van der Waals surface area contributed by atoms with Crippen molar-refractivity contribution in [2.24, 2.45) is 0 Å². The Labute approximate surface area is 137 Å². The molecule has 3 aromatic rings. The number of hydrogen-bond acceptors (Lipinski definition) is 4. The van der Waals surface area contributed by atoms with Crippen LogP contribution in [0.25, 0.3) is 10.9 Å². The summed E-state index contributed by atoms with van der Waals surface area (Å²) in [6.07, 6.45) is 0. The first-order valence-electron chi connectivity index (χ1n) is 6.86. The molecule has 0 atom stereocenters. The van der Waals surface area contributed by atoms with Crippen molar-refractivity contribution in [2.45, 2.75) is 6.92 Å². The summed E-state index contributed by atoms with van der Waals surface area (Å²) in [4.78, 5) is 14.8. The van der Waals surface area contributed by atoms with Gasteiger partial charge in [-0.15, -0.1) is 0 Å². The van der Waals surface area contributed by atoms with Gasteiger partial charge >= 0.3 is 0 Å². The van der Waals surface area contributed by atoms with Crippen LogP contribution in [0.15, 0.2) is 41.2 Å². The van der Waals surface area contributed by atoms with E-state index in [1.165, 1.54) is 0 Å². The van der Waals surface area contributed by atoms with Crippen molar-refractivity contribution in [3.05, 3.63) is 57.3 Å². The summed E-state index contributed by atoms with van der Waals surface area (Å²) in [5, 5.41) is 11.4. The summed E-state index contributed by atoms with van der Waals surface area (Å²) in [6, 6.07) is 10.00. The molecule has 0 radical (unpaired) electrons. The van der Waals surface area contributed by atoms with Gasteiger partial charge in [0.15, 0.2) is 5.75 Å². The molecule has 3 rings (SSSR count). The Bertz CT molecular complexity index is 932. The monoisotopic (exact) mass is 331 g/mol. The van der Waals surface area contributed by atoms with Crippen LogP contribution in [-0.4, -0.2) is 17.2 Å². The van der Waals surface area contributed by atoms with Gasteiger partial charge in [-0.2, -0.15) is 0 Å². The summed E-state index contributed by atoms with van der Waals surface area (Å²) < 4.78 is 10.6. The SMILES string of the molecule is COc1ccc(Oc2c(O)c3cc(C)c(Cl)cc3[nH]c2=O)cc1. The normalized spacial score (nSPS) is 10.7. The number of hydrogen-bond donors (Lipinski definition) is 2. The molecule has 0 fully saturated rings. The van der Waals surface area contributed by atoms with E-state index in [0.717, 1.165) is 5.56 Å². The highest BCUT2D eigenvalue weighted by Gasteiger charge is 2.15. The van der Waals surface area contributed by atoms with Gasteiger partial charge in [0, 0.05) is 10.4 Å². The summed E-state index contributed by atoms with van der Waals surface area (Å²) >= 11 is 6.04. The molecule has 1 aromatic heterocycles. The van der Waals surface area contributed by atoms with Crippen LogP contribution in [0.5, 0.6) is 23.0 Å². The van der Waals surface area contributed by atoms with Gasteiger partial charge < -0.3 is 19.6 Å². The van der Waals surface area contributed by atoms with Crippen molar-refractivity contribution in [3.8, 4) is 23.0 Å². The number of benzene rings is 2. The molecule has 0 aliphatic carbocycles. The van der Waals surface area contributed by atoms with E-state index in [0.29, 0.717) is 27.4 Å². The van der Waals surface area contributed by atoms with Gasteiger partial charge in [0.05, 0.1) is 12.6 Å². The summed E-state index contributed by atoms with van der Waals surface area (Å²) in [5.41, 5.74) is 0.702. The van der Waals surface area contributed by atoms with Gasteiger partial charge in [-0.3, -0.25) is 4.79 Å². The number of nitrogens with one attached hydrogen (secondary N) is 1. The van der Waals surface area contributed by atoms with E-state index in [9.17, 15) is 9.90 Å². The largest absolute Gasteiger partial charge is 0.504 e. The van der Waals surface area contributed by atoms with Crippen molar-refractivity contribution in [3.63, 3.8) is 0 Å². The van der Waals surface area contributed by atoms with Gasteiger partial charge in [0.2, 0.25) is 5.75 Å². The Morgan fingerprint density at radius 3 is 2.43 bits per heavy atom. The van der Waals surface area contributed by atoms with Gasteiger partial charge in [0.25, 0.3) is 5.56 Å². The van der Waals surface area contributed by atoms with Crippen LogP contribution in [-0.2, 0) is 0 Å². The number of aromatic nitrogens is 1. The maximum atomic E-state index is 12.2. The van der Waals surface area contributed by atoms with Gasteiger partial charge in [-0.1, -0.05) is 11.6 Å². The number of pyridine rings is 1. The standard InChI is InChI=1S/C17H14ClNO4/c1-9-7-12-14(8-13(9)18)19-17(21)16(15(12)20)23-11-5-3-10(22-2)4-6-11/h3-8H,1-2H3,(H2,19,20,21). The second-order valence-electron chi connectivity index (χ2n) is 5.06. The number of rotatable bonds is 3. The topological polar surface area (TPSA) is 71.5 Å². The van der Waals surface area contributed by atoms with E-state index in [2.05, 4.69) is 4.98 Å².